The molecule has 0 saturated heterocycles. The molecule has 112 valence electrons. The van der Waals surface area contributed by atoms with Crippen LogP contribution in [0.3, 0.4) is 0 Å². The summed E-state index contributed by atoms with van der Waals surface area (Å²) < 4.78 is 0. The van der Waals surface area contributed by atoms with Crippen LogP contribution >= 0.6 is 0 Å². The molecule has 0 aliphatic carbocycles. The monoisotopic (exact) mass is 300 g/mol. The number of benzene rings is 2. The van der Waals surface area contributed by atoms with Gasteiger partial charge in [-0.25, -0.2) is 0 Å². The van der Waals surface area contributed by atoms with Gasteiger partial charge in [-0.1, -0.05) is 59.7 Å². The first kappa shape index (κ1) is 14.8. The maximum Gasteiger partial charge on any atom is 0.266 e. The highest BCUT2D eigenvalue weighted by Crippen LogP contribution is 2.26. The summed E-state index contributed by atoms with van der Waals surface area (Å²) in [6, 6.07) is 19.6. The van der Waals surface area contributed by atoms with Crippen LogP contribution in [-0.4, -0.2) is 4.98 Å². The summed E-state index contributed by atoms with van der Waals surface area (Å²) in [5.41, 5.74) is 5.20. The normalized spacial score (nSPS) is 10.3. The van der Waals surface area contributed by atoms with E-state index in [1.54, 1.807) is 0 Å². The van der Waals surface area contributed by atoms with Gasteiger partial charge >= 0.3 is 0 Å². The van der Waals surface area contributed by atoms with Crippen molar-refractivity contribution in [3.63, 3.8) is 0 Å². The maximum atomic E-state index is 12.3. The minimum absolute atomic E-state index is 0.145. The third kappa shape index (κ3) is 2.93. The molecule has 0 atom stereocenters. The average Bonchev–Trinajstić information content (AvgIpc) is 2.55. The van der Waals surface area contributed by atoms with Crippen molar-refractivity contribution in [2.75, 3.05) is 0 Å². The smallest absolute Gasteiger partial charge is 0.266 e. The molecule has 2 aromatic carbocycles. The lowest BCUT2D eigenvalue weighted by molar-refractivity contribution is 1.22. The second kappa shape index (κ2) is 5.94. The molecule has 3 aromatic rings. The van der Waals surface area contributed by atoms with Gasteiger partial charge in [-0.05, 0) is 31.0 Å². The number of pyridine rings is 1. The molecule has 3 heteroatoms. The summed E-state index contributed by atoms with van der Waals surface area (Å²) in [6.45, 7) is 4.01. The highest BCUT2D eigenvalue weighted by Gasteiger charge is 2.12. The van der Waals surface area contributed by atoms with E-state index < -0.39 is 0 Å². The molecule has 0 spiro atoms. The molecule has 1 heterocycles. The lowest BCUT2D eigenvalue weighted by atomic mass is 9.98. The highest BCUT2D eigenvalue weighted by molar-refractivity contribution is 5.75. The van der Waals surface area contributed by atoms with Crippen LogP contribution in [0.25, 0.3) is 22.4 Å². The molecular formula is C20H16N2O. The standard InChI is InChI=1S/C20H16N2O/c1-13-6-8-15(9-7-13)19-11-17(18(12-21)20(23)22-19)16-5-3-4-14(2)10-16/h3-11H,1-2H3,(H,22,23). The average molecular weight is 300 g/mol. The summed E-state index contributed by atoms with van der Waals surface area (Å²) in [4.78, 5) is 15.1. The van der Waals surface area contributed by atoms with E-state index in [9.17, 15) is 10.1 Å². The lowest BCUT2D eigenvalue weighted by Gasteiger charge is -2.09. The molecule has 0 radical (unpaired) electrons. The van der Waals surface area contributed by atoms with E-state index in [0.29, 0.717) is 11.3 Å². The minimum Gasteiger partial charge on any atom is -0.321 e. The van der Waals surface area contributed by atoms with Gasteiger partial charge in [0.25, 0.3) is 5.56 Å². The molecule has 0 aliphatic heterocycles. The van der Waals surface area contributed by atoms with Crippen molar-refractivity contribution in [2.45, 2.75) is 13.8 Å². The second-order valence-electron chi connectivity index (χ2n) is 5.65. The molecule has 1 N–H and O–H groups in total. The Hall–Kier alpha value is -3.12. The zero-order valence-electron chi connectivity index (χ0n) is 13.1. The van der Waals surface area contributed by atoms with Crippen LogP contribution in [0.1, 0.15) is 16.7 Å². The molecule has 3 rings (SSSR count). The van der Waals surface area contributed by atoms with Gasteiger partial charge < -0.3 is 4.98 Å². The van der Waals surface area contributed by atoms with Crippen molar-refractivity contribution in [3.8, 4) is 28.5 Å². The van der Waals surface area contributed by atoms with Crippen LogP contribution in [0.2, 0.25) is 0 Å². The van der Waals surface area contributed by atoms with E-state index in [0.717, 1.165) is 22.3 Å². The van der Waals surface area contributed by atoms with Crippen LogP contribution in [0.5, 0.6) is 0 Å². The van der Waals surface area contributed by atoms with Gasteiger partial charge in [-0.3, -0.25) is 4.79 Å². The van der Waals surface area contributed by atoms with Crippen molar-refractivity contribution in [3.05, 3.63) is 81.6 Å². The maximum absolute atomic E-state index is 12.3. The van der Waals surface area contributed by atoms with Crippen LogP contribution in [0.4, 0.5) is 0 Å². The SMILES string of the molecule is Cc1ccc(-c2cc(-c3cccc(C)c3)c(C#N)c(=O)[nH]2)cc1. The Balaban J connectivity index is 2.24. The van der Waals surface area contributed by atoms with E-state index in [1.165, 1.54) is 0 Å². The van der Waals surface area contributed by atoms with Gasteiger partial charge in [0, 0.05) is 11.3 Å². The van der Waals surface area contributed by atoms with Crippen molar-refractivity contribution in [1.82, 2.24) is 4.98 Å². The Morgan fingerprint density at radius 2 is 1.65 bits per heavy atom. The summed E-state index contributed by atoms with van der Waals surface area (Å²) in [5, 5.41) is 9.36. The van der Waals surface area contributed by atoms with E-state index >= 15 is 0 Å². The van der Waals surface area contributed by atoms with Gasteiger partial charge in [0.05, 0.1) is 0 Å². The molecular weight excluding hydrogens is 284 g/mol. The predicted octanol–water partition coefficient (Wildman–Crippen LogP) is 4.20. The largest absolute Gasteiger partial charge is 0.321 e. The predicted molar refractivity (Wildman–Crippen MR) is 92.1 cm³/mol. The Bertz CT molecular complexity index is 960. The van der Waals surface area contributed by atoms with Gasteiger partial charge in [0.2, 0.25) is 0 Å². The number of aromatic amines is 1. The number of aromatic nitrogens is 1. The minimum atomic E-state index is -0.359. The molecule has 0 unspecified atom stereocenters. The fourth-order valence-electron chi connectivity index (χ4n) is 2.60. The molecule has 23 heavy (non-hydrogen) atoms. The van der Waals surface area contributed by atoms with Crippen LogP contribution in [-0.2, 0) is 0 Å². The first-order valence-corrected chi connectivity index (χ1v) is 7.40. The molecule has 0 fully saturated rings. The van der Waals surface area contributed by atoms with Crippen LogP contribution < -0.4 is 5.56 Å². The third-order valence-electron chi connectivity index (χ3n) is 3.84. The number of nitrogens with one attached hydrogen (secondary N) is 1. The number of H-pyrrole nitrogens is 1. The summed E-state index contributed by atoms with van der Waals surface area (Å²) in [7, 11) is 0. The van der Waals surface area contributed by atoms with E-state index in [4.69, 9.17) is 0 Å². The molecule has 3 nitrogen and oxygen atoms in total. The van der Waals surface area contributed by atoms with Crippen molar-refractivity contribution in [1.29, 1.82) is 5.26 Å². The highest BCUT2D eigenvalue weighted by atomic mass is 16.1. The summed E-state index contributed by atoms with van der Waals surface area (Å²) in [5.74, 6) is 0. The van der Waals surface area contributed by atoms with E-state index in [-0.39, 0.29) is 11.1 Å². The molecule has 0 amide bonds. The Labute approximate surface area is 134 Å². The third-order valence-corrected chi connectivity index (χ3v) is 3.84. The molecule has 0 bridgehead atoms. The second-order valence-corrected chi connectivity index (χ2v) is 5.65. The number of hydrogen-bond acceptors (Lipinski definition) is 2. The van der Waals surface area contributed by atoms with Gasteiger partial charge in [0.1, 0.15) is 11.6 Å². The van der Waals surface area contributed by atoms with Gasteiger partial charge in [0.15, 0.2) is 0 Å². The van der Waals surface area contributed by atoms with Crippen LogP contribution in [0, 0.1) is 25.2 Å². The number of nitrogens with zero attached hydrogens (tertiary/aromatic N) is 1. The lowest BCUT2D eigenvalue weighted by Crippen LogP contribution is -2.12. The Morgan fingerprint density at radius 1 is 0.913 bits per heavy atom. The Morgan fingerprint density at radius 3 is 2.30 bits per heavy atom. The topological polar surface area (TPSA) is 56.6 Å². The summed E-state index contributed by atoms with van der Waals surface area (Å²) >= 11 is 0. The first-order valence-electron chi connectivity index (χ1n) is 7.40. The molecule has 0 saturated carbocycles. The van der Waals surface area contributed by atoms with Crippen molar-refractivity contribution in [2.24, 2.45) is 0 Å². The van der Waals surface area contributed by atoms with Gasteiger partial charge in [-0.2, -0.15) is 5.26 Å². The number of hydrogen-bond donors (Lipinski definition) is 1. The fourth-order valence-corrected chi connectivity index (χ4v) is 2.60. The van der Waals surface area contributed by atoms with Gasteiger partial charge in [-0.15, -0.1) is 0 Å². The number of aryl methyl sites for hydroxylation is 2. The van der Waals surface area contributed by atoms with E-state index in [2.05, 4.69) is 4.98 Å². The quantitative estimate of drug-likeness (QED) is 0.771. The Kier molecular flexibility index (Phi) is 3.82. The fraction of sp³-hybridized carbons (Fsp3) is 0.100. The molecule has 0 aliphatic rings. The van der Waals surface area contributed by atoms with Crippen LogP contribution in [0.15, 0.2) is 59.4 Å². The zero-order valence-corrected chi connectivity index (χ0v) is 13.1. The number of nitriles is 1. The summed E-state index contributed by atoms with van der Waals surface area (Å²) in [6.07, 6.45) is 0. The van der Waals surface area contributed by atoms with Crippen molar-refractivity contribution >= 4 is 0 Å². The van der Waals surface area contributed by atoms with Crippen molar-refractivity contribution < 1.29 is 0 Å². The molecule has 1 aromatic heterocycles. The van der Waals surface area contributed by atoms with E-state index in [1.807, 2.05) is 74.5 Å². The zero-order chi connectivity index (χ0) is 16.4. The first-order chi connectivity index (χ1) is 11.1. The number of rotatable bonds is 2.